The molecule has 0 spiro atoms. The van der Waals surface area contributed by atoms with Crippen LogP contribution in [0.3, 0.4) is 0 Å². The molecular weight excluding hydrogens is 378 g/mol. The van der Waals surface area contributed by atoms with Crippen LogP contribution in [0, 0.1) is 0 Å². The summed E-state index contributed by atoms with van der Waals surface area (Å²) in [5.41, 5.74) is 3.42. The second kappa shape index (κ2) is 7.94. The van der Waals surface area contributed by atoms with Gasteiger partial charge in [-0.25, -0.2) is 9.50 Å². The van der Waals surface area contributed by atoms with Crippen molar-refractivity contribution < 1.29 is 9.53 Å². The van der Waals surface area contributed by atoms with Crippen LogP contribution in [0.5, 0.6) is 5.75 Å². The average Bonchev–Trinajstić information content (AvgIpc) is 3.29. The number of pyridine rings is 2. The van der Waals surface area contributed by atoms with E-state index < -0.39 is 0 Å². The number of nitrogens with zero attached hydrogens (tertiary/aromatic N) is 5. The van der Waals surface area contributed by atoms with Crippen LogP contribution in [0.2, 0.25) is 0 Å². The topological polar surface area (TPSA) is 72.6 Å². The number of carbonyl (C=O) groups is 1. The SMILES string of the molecule is O=C(c1ccc(-c2cccc3ncnn23)cc1)N1CCC(Oc2cccnc2)CC1. The quantitative estimate of drug-likeness (QED) is 0.525. The molecular formula is C23H21N5O2. The molecule has 4 heterocycles. The van der Waals surface area contributed by atoms with Crippen molar-refractivity contribution in [3.8, 4) is 17.0 Å². The van der Waals surface area contributed by atoms with Crippen molar-refractivity contribution in [3.05, 3.63) is 78.9 Å². The highest BCUT2D eigenvalue weighted by Gasteiger charge is 2.24. The molecule has 1 aliphatic heterocycles. The van der Waals surface area contributed by atoms with Crippen molar-refractivity contribution in [2.45, 2.75) is 18.9 Å². The molecule has 4 aromatic rings. The highest BCUT2D eigenvalue weighted by molar-refractivity contribution is 5.94. The summed E-state index contributed by atoms with van der Waals surface area (Å²) in [6, 6.07) is 17.3. The molecule has 0 atom stereocenters. The van der Waals surface area contributed by atoms with Crippen LogP contribution >= 0.6 is 0 Å². The van der Waals surface area contributed by atoms with Gasteiger partial charge in [0, 0.05) is 43.3 Å². The first-order valence-electron chi connectivity index (χ1n) is 10.0. The van der Waals surface area contributed by atoms with E-state index in [4.69, 9.17) is 4.74 Å². The third kappa shape index (κ3) is 3.61. The van der Waals surface area contributed by atoms with E-state index in [1.165, 1.54) is 0 Å². The monoisotopic (exact) mass is 399 g/mol. The summed E-state index contributed by atoms with van der Waals surface area (Å²) in [4.78, 5) is 23.1. The number of piperidine rings is 1. The van der Waals surface area contributed by atoms with Crippen molar-refractivity contribution in [2.75, 3.05) is 13.1 Å². The molecule has 5 rings (SSSR count). The molecule has 0 bridgehead atoms. The van der Waals surface area contributed by atoms with Crippen molar-refractivity contribution in [1.29, 1.82) is 0 Å². The van der Waals surface area contributed by atoms with Crippen molar-refractivity contribution in [3.63, 3.8) is 0 Å². The van der Waals surface area contributed by atoms with Crippen molar-refractivity contribution in [2.24, 2.45) is 0 Å². The molecule has 7 heteroatoms. The molecule has 0 saturated carbocycles. The molecule has 0 radical (unpaired) electrons. The fourth-order valence-corrected chi connectivity index (χ4v) is 3.82. The van der Waals surface area contributed by atoms with Gasteiger partial charge in [-0.15, -0.1) is 0 Å². The molecule has 1 aliphatic rings. The number of benzene rings is 1. The average molecular weight is 399 g/mol. The standard InChI is InChI=1S/C23H21N5O2/c29-23(27-13-10-19(11-14-27)30-20-3-2-12-24-15-20)18-8-6-17(7-9-18)21-4-1-5-22-25-16-26-28(21)22/h1-9,12,15-16,19H,10-11,13-14H2. The zero-order chi connectivity index (χ0) is 20.3. The fourth-order valence-electron chi connectivity index (χ4n) is 3.82. The maximum Gasteiger partial charge on any atom is 0.253 e. The van der Waals surface area contributed by atoms with E-state index in [-0.39, 0.29) is 12.0 Å². The predicted molar refractivity (Wildman–Crippen MR) is 112 cm³/mol. The summed E-state index contributed by atoms with van der Waals surface area (Å²) >= 11 is 0. The molecule has 30 heavy (non-hydrogen) atoms. The highest BCUT2D eigenvalue weighted by Crippen LogP contribution is 2.22. The molecule has 1 fully saturated rings. The van der Waals surface area contributed by atoms with E-state index in [0.29, 0.717) is 18.7 Å². The Balaban J connectivity index is 1.24. The van der Waals surface area contributed by atoms with E-state index in [1.54, 1.807) is 23.2 Å². The van der Waals surface area contributed by atoms with Crippen LogP contribution in [0.25, 0.3) is 16.9 Å². The molecule has 1 amide bonds. The normalized spacial score (nSPS) is 14.7. The number of hydrogen-bond donors (Lipinski definition) is 0. The van der Waals surface area contributed by atoms with Crippen LogP contribution in [0.1, 0.15) is 23.2 Å². The van der Waals surface area contributed by atoms with Gasteiger partial charge in [0.25, 0.3) is 5.91 Å². The van der Waals surface area contributed by atoms with Crippen molar-refractivity contribution >= 4 is 11.6 Å². The van der Waals surface area contributed by atoms with E-state index in [0.717, 1.165) is 35.5 Å². The minimum absolute atomic E-state index is 0.0559. The zero-order valence-corrected chi connectivity index (χ0v) is 16.4. The molecule has 0 aliphatic carbocycles. The smallest absolute Gasteiger partial charge is 0.253 e. The van der Waals surface area contributed by atoms with Gasteiger partial charge in [0.05, 0.1) is 11.9 Å². The maximum atomic E-state index is 12.9. The molecule has 1 saturated heterocycles. The maximum absolute atomic E-state index is 12.9. The predicted octanol–water partition coefficient (Wildman–Crippen LogP) is 3.47. The molecule has 1 aromatic carbocycles. The first kappa shape index (κ1) is 18.3. The van der Waals surface area contributed by atoms with E-state index in [2.05, 4.69) is 15.1 Å². The summed E-state index contributed by atoms with van der Waals surface area (Å²) < 4.78 is 7.76. The van der Waals surface area contributed by atoms with Gasteiger partial charge in [0.2, 0.25) is 0 Å². The summed E-state index contributed by atoms with van der Waals surface area (Å²) in [7, 11) is 0. The van der Waals surface area contributed by atoms with Crippen LogP contribution in [-0.2, 0) is 0 Å². The Hall–Kier alpha value is -3.74. The van der Waals surface area contributed by atoms with Crippen LogP contribution in [0.15, 0.2) is 73.3 Å². The van der Waals surface area contributed by atoms with Gasteiger partial charge in [0.1, 0.15) is 18.2 Å². The first-order chi connectivity index (χ1) is 14.8. The Labute approximate surface area is 174 Å². The molecule has 0 N–H and O–H groups in total. The third-order valence-electron chi connectivity index (χ3n) is 5.40. The lowest BCUT2D eigenvalue weighted by Crippen LogP contribution is -2.41. The first-order valence-corrected chi connectivity index (χ1v) is 10.0. The third-order valence-corrected chi connectivity index (χ3v) is 5.40. The van der Waals surface area contributed by atoms with Gasteiger partial charge in [-0.05, 0) is 36.4 Å². The Morgan fingerprint density at radius 3 is 2.60 bits per heavy atom. The highest BCUT2D eigenvalue weighted by atomic mass is 16.5. The van der Waals surface area contributed by atoms with Crippen LogP contribution < -0.4 is 4.74 Å². The van der Waals surface area contributed by atoms with Crippen LogP contribution in [-0.4, -0.2) is 49.6 Å². The lowest BCUT2D eigenvalue weighted by molar-refractivity contribution is 0.0595. The molecule has 150 valence electrons. The number of aromatic nitrogens is 4. The number of likely N-dealkylation sites (tertiary alicyclic amines) is 1. The van der Waals surface area contributed by atoms with Crippen LogP contribution in [0.4, 0.5) is 0 Å². The summed E-state index contributed by atoms with van der Waals surface area (Å²) in [6.45, 7) is 1.37. The molecule has 3 aromatic heterocycles. The summed E-state index contributed by atoms with van der Waals surface area (Å²) in [5.74, 6) is 0.834. The number of rotatable bonds is 4. The van der Waals surface area contributed by atoms with Gasteiger partial charge in [-0.1, -0.05) is 18.2 Å². The number of carbonyl (C=O) groups excluding carboxylic acids is 1. The van der Waals surface area contributed by atoms with Gasteiger partial charge < -0.3 is 9.64 Å². The minimum Gasteiger partial charge on any atom is -0.489 e. The van der Waals surface area contributed by atoms with Gasteiger partial charge in [0.15, 0.2) is 5.65 Å². The lowest BCUT2D eigenvalue weighted by Gasteiger charge is -2.32. The van der Waals surface area contributed by atoms with Gasteiger partial charge in [-0.2, -0.15) is 5.10 Å². The number of amides is 1. The number of fused-ring (bicyclic) bond motifs is 1. The van der Waals surface area contributed by atoms with E-state index in [9.17, 15) is 4.79 Å². The van der Waals surface area contributed by atoms with Crippen molar-refractivity contribution in [1.82, 2.24) is 24.5 Å². The molecule has 7 nitrogen and oxygen atoms in total. The Morgan fingerprint density at radius 1 is 1.00 bits per heavy atom. The lowest BCUT2D eigenvalue weighted by atomic mass is 10.0. The summed E-state index contributed by atoms with van der Waals surface area (Å²) in [6.07, 6.45) is 6.73. The largest absolute Gasteiger partial charge is 0.489 e. The van der Waals surface area contributed by atoms with E-state index >= 15 is 0 Å². The second-order valence-corrected chi connectivity index (χ2v) is 7.32. The van der Waals surface area contributed by atoms with Gasteiger partial charge >= 0.3 is 0 Å². The number of ether oxygens (including phenoxy) is 1. The van der Waals surface area contributed by atoms with E-state index in [1.807, 2.05) is 59.5 Å². The number of hydrogen-bond acceptors (Lipinski definition) is 5. The Kier molecular flexibility index (Phi) is 4.85. The van der Waals surface area contributed by atoms with Gasteiger partial charge in [-0.3, -0.25) is 9.78 Å². The fraction of sp³-hybridized carbons (Fsp3) is 0.217. The summed E-state index contributed by atoms with van der Waals surface area (Å²) in [5, 5.41) is 4.28. The Bertz CT molecular complexity index is 1150. The second-order valence-electron chi connectivity index (χ2n) is 7.32. The zero-order valence-electron chi connectivity index (χ0n) is 16.4. The minimum atomic E-state index is 0.0559. The molecule has 0 unspecified atom stereocenters. The Morgan fingerprint density at radius 2 is 1.83 bits per heavy atom.